The van der Waals surface area contributed by atoms with Crippen molar-refractivity contribution in [1.82, 2.24) is 14.7 Å². The minimum Gasteiger partial charge on any atom is -0.396 e. The SMILES string of the molecule is CC1CCC(CO)CN1Cc1cccc(-n2cccn2)c1. The van der Waals surface area contributed by atoms with Crippen LogP contribution in [-0.2, 0) is 6.54 Å². The molecule has 0 aliphatic carbocycles. The number of aliphatic hydroxyl groups is 1. The molecule has 1 aromatic heterocycles. The van der Waals surface area contributed by atoms with Crippen molar-refractivity contribution in [1.29, 1.82) is 0 Å². The van der Waals surface area contributed by atoms with Crippen molar-refractivity contribution < 1.29 is 5.11 Å². The average Bonchev–Trinajstić information content (AvgIpc) is 3.04. The maximum absolute atomic E-state index is 9.39. The third kappa shape index (κ3) is 3.34. The van der Waals surface area contributed by atoms with E-state index in [1.807, 2.05) is 16.9 Å². The van der Waals surface area contributed by atoms with Crippen LogP contribution in [0.25, 0.3) is 5.69 Å². The zero-order chi connectivity index (χ0) is 14.7. The Morgan fingerprint density at radius 1 is 1.29 bits per heavy atom. The van der Waals surface area contributed by atoms with Gasteiger partial charge in [-0.15, -0.1) is 0 Å². The summed E-state index contributed by atoms with van der Waals surface area (Å²) in [7, 11) is 0. The minimum atomic E-state index is 0.302. The fourth-order valence-electron chi connectivity index (χ4n) is 3.09. The number of aromatic nitrogens is 2. The molecule has 2 heterocycles. The summed E-state index contributed by atoms with van der Waals surface area (Å²) in [5.41, 5.74) is 2.40. The lowest BCUT2D eigenvalue weighted by molar-refractivity contribution is 0.0771. The molecule has 112 valence electrons. The summed E-state index contributed by atoms with van der Waals surface area (Å²) in [5, 5.41) is 13.7. The fourth-order valence-corrected chi connectivity index (χ4v) is 3.09. The third-order valence-electron chi connectivity index (χ3n) is 4.43. The molecular weight excluding hydrogens is 262 g/mol. The van der Waals surface area contributed by atoms with Crippen molar-refractivity contribution in [3.05, 3.63) is 48.3 Å². The molecule has 0 amide bonds. The Labute approximate surface area is 126 Å². The molecule has 4 nitrogen and oxygen atoms in total. The first-order chi connectivity index (χ1) is 10.3. The number of hydrogen-bond acceptors (Lipinski definition) is 3. The fraction of sp³-hybridized carbons (Fsp3) is 0.471. The van der Waals surface area contributed by atoms with Gasteiger partial charge in [-0.25, -0.2) is 4.68 Å². The molecule has 1 fully saturated rings. The van der Waals surface area contributed by atoms with Crippen molar-refractivity contribution in [2.45, 2.75) is 32.4 Å². The van der Waals surface area contributed by atoms with E-state index >= 15 is 0 Å². The highest BCUT2D eigenvalue weighted by molar-refractivity contribution is 5.35. The first kappa shape index (κ1) is 14.3. The molecule has 1 N–H and O–H groups in total. The molecule has 21 heavy (non-hydrogen) atoms. The minimum absolute atomic E-state index is 0.302. The van der Waals surface area contributed by atoms with Crippen LogP contribution in [0.1, 0.15) is 25.3 Å². The Morgan fingerprint density at radius 2 is 2.19 bits per heavy atom. The highest BCUT2D eigenvalue weighted by Crippen LogP contribution is 2.23. The number of hydrogen-bond donors (Lipinski definition) is 1. The van der Waals surface area contributed by atoms with Crippen LogP contribution in [0.4, 0.5) is 0 Å². The molecule has 1 aliphatic rings. The van der Waals surface area contributed by atoms with E-state index in [2.05, 4.69) is 41.2 Å². The normalized spacial score (nSPS) is 23.3. The van der Waals surface area contributed by atoms with Crippen LogP contribution in [0.3, 0.4) is 0 Å². The number of nitrogens with zero attached hydrogens (tertiary/aromatic N) is 3. The number of piperidine rings is 1. The molecule has 0 spiro atoms. The van der Waals surface area contributed by atoms with Crippen LogP contribution < -0.4 is 0 Å². The van der Waals surface area contributed by atoms with Crippen LogP contribution in [0.5, 0.6) is 0 Å². The molecule has 0 radical (unpaired) electrons. The maximum atomic E-state index is 9.39. The van der Waals surface area contributed by atoms with E-state index in [0.29, 0.717) is 18.6 Å². The number of rotatable bonds is 4. The lowest BCUT2D eigenvalue weighted by atomic mass is 9.93. The summed E-state index contributed by atoms with van der Waals surface area (Å²) in [6.07, 6.45) is 6.07. The summed E-state index contributed by atoms with van der Waals surface area (Å²) >= 11 is 0. The largest absolute Gasteiger partial charge is 0.396 e. The number of likely N-dealkylation sites (tertiary alicyclic amines) is 1. The summed E-state index contributed by atoms with van der Waals surface area (Å²) in [6.45, 7) is 4.51. The highest BCUT2D eigenvalue weighted by Gasteiger charge is 2.24. The van der Waals surface area contributed by atoms with Gasteiger partial charge in [0.2, 0.25) is 0 Å². The monoisotopic (exact) mass is 285 g/mol. The van der Waals surface area contributed by atoms with Gasteiger partial charge in [-0.05, 0) is 49.4 Å². The van der Waals surface area contributed by atoms with E-state index in [0.717, 1.165) is 25.2 Å². The molecular formula is C17H23N3O. The standard InChI is InChI=1S/C17H23N3O/c1-14-6-7-16(13-21)12-19(14)11-15-4-2-5-17(10-15)20-9-3-8-18-20/h2-5,8-10,14,16,21H,6-7,11-13H2,1H3. The van der Waals surface area contributed by atoms with Crippen LogP contribution in [0.2, 0.25) is 0 Å². The van der Waals surface area contributed by atoms with Crippen LogP contribution in [0, 0.1) is 5.92 Å². The second-order valence-electron chi connectivity index (χ2n) is 6.02. The van der Waals surface area contributed by atoms with Gasteiger partial charge in [0.25, 0.3) is 0 Å². The summed E-state index contributed by atoms with van der Waals surface area (Å²) in [4.78, 5) is 2.48. The van der Waals surface area contributed by atoms with Gasteiger partial charge in [0.1, 0.15) is 0 Å². The van der Waals surface area contributed by atoms with Gasteiger partial charge in [0.15, 0.2) is 0 Å². The average molecular weight is 285 g/mol. The second-order valence-corrected chi connectivity index (χ2v) is 6.02. The van der Waals surface area contributed by atoms with E-state index < -0.39 is 0 Å². The van der Waals surface area contributed by atoms with Crippen LogP contribution >= 0.6 is 0 Å². The molecule has 0 saturated carbocycles. The molecule has 3 rings (SSSR count). The Kier molecular flexibility index (Phi) is 4.36. The predicted molar refractivity (Wildman–Crippen MR) is 83.2 cm³/mol. The quantitative estimate of drug-likeness (QED) is 0.938. The first-order valence-electron chi connectivity index (χ1n) is 7.70. The maximum Gasteiger partial charge on any atom is 0.0648 e. The number of benzene rings is 1. The molecule has 1 saturated heterocycles. The van der Waals surface area contributed by atoms with E-state index in [1.165, 1.54) is 12.0 Å². The van der Waals surface area contributed by atoms with Gasteiger partial charge < -0.3 is 5.11 Å². The van der Waals surface area contributed by atoms with Crippen LogP contribution in [0.15, 0.2) is 42.7 Å². The number of aliphatic hydroxyl groups excluding tert-OH is 1. The van der Waals surface area contributed by atoms with Gasteiger partial charge in [-0.1, -0.05) is 12.1 Å². The zero-order valence-electron chi connectivity index (χ0n) is 12.5. The van der Waals surface area contributed by atoms with E-state index in [-0.39, 0.29) is 0 Å². The molecule has 1 aliphatic heterocycles. The van der Waals surface area contributed by atoms with Crippen molar-refractivity contribution in [3.8, 4) is 5.69 Å². The van der Waals surface area contributed by atoms with Crippen molar-refractivity contribution in [2.75, 3.05) is 13.2 Å². The molecule has 4 heteroatoms. The molecule has 2 aromatic rings. The topological polar surface area (TPSA) is 41.3 Å². The zero-order valence-corrected chi connectivity index (χ0v) is 12.5. The molecule has 2 unspecified atom stereocenters. The van der Waals surface area contributed by atoms with Gasteiger partial charge in [0, 0.05) is 38.1 Å². The van der Waals surface area contributed by atoms with Gasteiger partial charge in [-0.3, -0.25) is 4.90 Å². The lowest BCUT2D eigenvalue weighted by Gasteiger charge is -2.37. The molecule has 1 aromatic carbocycles. The first-order valence-corrected chi connectivity index (χ1v) is 7.70. The Balaban J connectivity index is 1.73. The van der Waals surface area contributed by atoms with Gasteiger partial charge in [0.05, 0.1) is 5.69 Å². The smallest absolute Gasteiger partial charge is 0.0648 e. The van der Waals surface area contributed by atoms with Crippen molar-refractivity contribution in [3.63, 3.8) is 0 Å². The van der Waals surface area contributed by atoms with E-state index in [4.69, 9.17) is 0 Å². The second kappa shape index (κ2) is 6.41. The van der Waals surface area contributed by atoms with Gasteiger partial charge in [-0.2, -0.15) is 5.10 Å². The predicted octanol–water partition coefficient (Wildman–Crippen LogP) is 2.47. The Bertz CT molecular complexity index is 567. The summed E-state index contributed by atoms with van der Waals surface area (Å²) < 4.78 is 1.89. The Hall–Kier alpha value is -1.65. The van der Waals surface area contributed by atoms with Crippen molar-refractivity contribution in [2.24, 2.45) is 5.92 Å². The molecule has 0 bridgehead atoms. The summed E-state index contributed by atoms with van der Waals surface area (Å²) in [5.74, 6) is 0.426. The van der Waals surface area contributed by atoms with Gasteiger partial charge >= 0.3 is 0 Å². The van der Waals surface area contributed by atoms with E-state index in [9.17, 15) is 5.11 Å². The van der Waals surface area contributed by atoms with Crippen LogP contribution in [-0.4, -0.2) is 39.0 Å². The Morgan fingerprint density at radius 3 is 2.95 bits per heavy atom. The summed E-state index contributed by atoms with van der Waals surface area (Å²) in [6, 6.07) is 11.0. The lowest BCUT2D eigenvalue weighted by Crippen LogP contribution is -2.42. The molecule has 2 atom stereocenters. The van der Waals surface area contributed by atoms with Crippen molar-refractivity contribution >= 4 is 0 Å². The third-order valence-corrected chi connectivity index (χ3v) is 4.43. The highest BCUT2D eigenvalue weighted by atomic mass is 16.3. The van der Waals surface area contributed by atoms with E-state index in [1.54, 1.807) is 6.20 Å².